The molecule has 0 saturated carbocycles. The number of ether oxygens (including phenoxy) is 2. The molecule has 220 valence electrons. The van der Waals surface area contributed by atoms with Crippen LogP contribution in [0.1, 0.15) is 0 Å². The third-order valence-electron chi connectivity index (χ3n) is 7.01. The largest absolute Gasteiger partial charge is 0.479 e. The number of pyridine rings is 2. The number of nitrogen functional groups attached to an aromatic ring is 1. The fourth-order valence-electron chi connectivity index (χ4n) is 4.94. The van der Waals surface area contributed by atoms with Gasteiger partial charge in [0.2, 0.25) is 11.8 Å². The first-order valence-corrected chi connectivity index (χ1v) is 14.7. The number of methoxy groups -OCH3 is 1. The Bertz CT molecular complexity index is 1880. The van der Waals surface area contributed by atoms with Crippen molar-refractivity contribution in [3.05, 3.63) is 79.3 Å². The first-order chi connectivity index (χ1) is 20.9. The van der Waals surface area contributed by atoms with Gasteiger partial charge in [-0.1, -0.05) is 10.5 Å². The molecule has 43 heavy (non-hydrogen) atoms. The van der Waals surface area contributed by atoms with Crippen molar-refractivity contribution in [1.29, 1.82) is 0 Å². The van der Waals surface area contributed by atoms with Crippen LogP contribution in [0.2, 0.25) is 0 Å². The first-order valence-electron chi connectivity index (χ1n) is 13.2. The Morgan fingerprint density at radius 1 is 1.00 bits per heavy atom. The van der Waals surface area contributed by atoms with Crippen LogP contribution >= 0.6 is 0 Å². The molecule has 1 aliphatic heterocycles. The van der Waals surface area contributed by atoms with Crippen molar-refractivity contribution in [1.82, 2.24) is 19.5 Å². The number of carbonyl (C=O) groups is 1. The number of anilines is 3. The van der Waals surface area contributed by atoms with Gasteiger partial charge in [0.05, 0.1) is 31.4 Å². The zero-order valence-electron chi connectivity index (χ0n) is 23.0. The molecule has 1 aliphatic rings. The molecule has 2 aromatic carbocycles. The summed E-state index contributed by atoms with van der Waals surface area (Å²) >= 11 is 0. The summed E-state index contributed by atoms with van der Waals surface area (Å²) < 4.78 is 39.9. The van der Waals surface area contributed by atoms with Gasteiger partial charge < -0.3 is 24.9 Å². The first kappa shape index (κ1) is 27.9. The maximum atomic E-state index is 13.4. The van der Waals surface area contributed by atoms with Gasteiger partial charge in [0.25, 0.3) is 10.0 Å². The maximum Gasteiger partial charge on any atom is 0.322 e. The summed E-state index contributed by atoms with van der Waals surface area (Å²) in [7, 11) is -3.05. The highest BCUT2D eigenvalue weighted by Crippen LogP contribution is 2.36. The van der Waals surface area contributed by atoms with Crippen molar-refractivity contribution in [3.63, 3.8) is 0 Å². The Labute approximate surface area is 247 Å². The van der Waals surface area contributed by atoms with Gasteiger partial charge in [0.15, 0.2) is 5.69 Å². The molecular formula is C29H27N7O6S. The molecule has 0 atom stereocenters. The fraction of sp³-hybridized carbons (Fsp3) is 0.172. The van der Waals surface area contributed by atoms with Gasteiger partial charge in [0, 0.05) is 48.6 Å². The molecule has 1 saturated heterocycles. The number of rotatable bonds is 9. The smallest absolute Gasteiger partial charge is 0.322 e. The number of imidazole rings is 1. The number of benzene rings is 2. The molecule has 0 radical (unpaired) electrons. The molecule has 0 spiro atoms. The third-order valence-corrected chi connectivity index (χ3v) is 8.57. The van der Waals surface area contributed by atoms with Gasteiger partial charge in [0.1, 0.15) is 4.90 Å². The van der Waals surface area contributed by atoms with Gasteiger partial charge in [-0.15, -0.1) is 0 Å². The average Bonchev–Trinajstić information content (AvgIpc) is 3.39. The molecular weight excluding hydrogens is 574 g/mol. The molecule has 3 aromatic heterocycles. The SMILES string of the molecule is COc1ncc(-c2ccc3nc(N)n(-c4ccc(N5CCOCC5)cc4)c3c2)cc1N(OC=O)S(=O)(=O)c1cccnc1. The van der Waals surface area contributed by atoms with E-state index in [4.69, 9.17) is 20.0 Å². The lowest BCUT2D eigenvalue weighted by Crippen LogP contribution is -2.36. The Morgan fingerprint density at radius 2 is 1.77 bits per heavy atom. The van der Waals surface area contributed by atoms with Crippen molar-refractivity contribution >= 4 is 44.9 Å². The zero-order valence-corrected chi connectivity index (χ0v) is 23.8. The number of hydrogen-bond acceptors (Lipinski definition) is 11. The lowest BCUT2D eigenvalue weighted by atomic mass is 10.1. The van der Waals surface area contributed by atoms with E-state index in [9.17, 15) is 13.2 Å². The topological polar surface area (TPSA) is 155 Å². The third kappa shape index (κ3) is 5.29. The maximum absolute atomic E-state index is 13.4. The predicted octanol–water partition coefficient (Wildman–Crippen LogP) is 3.19. The predicted molar refractivity (Wildman–Crippen MR) is 159 cm³/mol. The van der Waals surface area contributed by atoms with Crippen molar-refractivity contribution in [2.45, 2.75) is 4.90 Å². The Kier molecular flexibility index (Phi) is 7.52. The summed E-state index contributed by atoms with van der Waals surface area (Å²) in [5.74, 6) is 0.238. The normalized spacial score (nSPS) is 13.6. The highest BCUT2D eigenvalue weighted by molar-refractivity contribution is 7.92. The van der Waals surface area contributed by atoms with Crippen LogP contribution < -0.4 is 19.8 Å². The van der Waals surface area contributed by atoms with Gasteiger partial charge >= 0.3 is 6.47 Å². The van der Waals surface area contributed by atoms with Crippen molar-refractivity contribution in [2.75, 3.05) is 48.5 Å². The molecule has 2 N–H and O–H groups in total. The van der Waals surface area contributed by atoms with E-state index in [0.29, 0.717) is 40.3 Å². The molecule has 0 bridgehead atoms. The van der Waals surface area contributed by atoms with Crippen LogP contribution in [0, 0.1) is 0 Å². The minimum absolute atomic E-state index is 0.0117. The zero-order chi connectivity index (χ0) is 30.0. The Morgan fingerprint density at radius 3 is 2.47 bits per heavy atom. The molecule has 0 unspecified atom stereocenters. The lowest BCUT2D eigenvalue weighted by Gasteiger charge is -2.29. The summed E-state index contributed by atoms with van der Waals surface area (Å²) in [5.41, 5.74) is 10.8. The van der Waals surface area contributed by atoms with E-state index in [0.717, 1.165) is 36.2 Å². The summed E-state index contributed by atoms with van der Waals surface area (Å²) in [6.07, 6.45) is 4.10. The van der Waals surface area contributed by atoms with E-state index >= 15 is 0 Å². The number of fused-ring (bicyclic) bond motifs is 1. The van der Waals surface area contributed by atoms with Gasteiger partial charge in [-0.25, -0.2) is 9.97 Å². The van der Waals surface area contributed by atoms with Crippen molar-refractivity contribution in [2.24, 2.45) is 0 Å². The van der Waals surface area contributed by atoms with E-state index in [1.807, 2.05) is 47.0 Å². The molecule has 0 aliphatic carbocycles. The second-order valence-electron chi connectivity index (χ2n) is 9.50. The van der Waals surface area contributed by atoms with Crippen molar-refractivity contribution < 1.29 is 27.5 Å². The number of morpholine rings is 1. The fourth-order valence-corrected chi connectivity index (χ4v) is 6.12. The van der Waals surface area contributed by atoms with Gasteiger partial charge in [-0.2, -0.15) is 8.42 Å². The molecule has 0 amide bonds. The van der Waals surface area contributed by atoms with E-state index < -0.39 is 10.0 Å². The average molecular weight is 602 g/mol. The summed E-state index contributed by atoms with van der Waals surface area (Å²) in [6.45, 7) is 3.06. The summed E-state index contributed by atoms with van der Waals surface area (Å²) in [5, 5.41) is 0. The van der Waals surface area contributed by atoms with Crippen LogP contribution in [0.25, 0.3) is 27.8 Å². The highest BCUT2D eigenvalue weighted by Gasteiger charge is 2.31. The molecule has 14 heteroatoms. The van der Waals surface area contributed by atoms with E-state index in [1.54, 1.807) is 0 Å². The van der Waals surface area contributed by atoms with Crippen LogP contribution in [-0.4, -0.2) is 67.8 Å². The van der Waals surface area contributed by atoms with Crippen LogP contribution in [0.4, 0.5) is 17.3 Å². The van der Waals surface area contributed by atoms with E-state index in [2.05, 4.69) is 19.9 Å². The standard InChI is InChI=1S/C29H27N7O6S/c1-40-28-27(36(42-19-37)43(38,39)24-3-2-10-31-18-24)16-21(17-32-28)20-4-9-25-26(15-20)35(29(30)33-25)23-7-5-22(6-8-23)34-11-13-41-14-12-34/h2-10,15-19H,11-14H2,1H3,(H2,30,33). The number of aromatic nitrogens is 4. The monoisotopic (exact) mass is 601 g/mol. The molecule has 4 heterocycles. The number of nitrogens with two attached hydrogens (primary N) is 1. The Balaban J connectivity index is 1.41. The highest BCUT2D eigenvalue weighted by atomic mass is 32.2. The number of nitrogens with zero attached hydrogens (tertiary/aromatic N) is 6. The Hall–Kier alpha value is -5.21. The molecule has 6 rings (SSSR count). The van der Waals surface area contributed by atoms with Crippen LogP contribution in [0.15, 0.2) is 84.1 Å². The van der Waals surface area contributed by atoms with Crippen LogP contribution in [0.3, 0.4) is 0 Å². The van der Waals surface area contributed by atoms with E-state index in [-0.39, 0.29) is 22.9 Å². The quantitative estimate of drug-likeness (QED) is 0.196. The lowest BCUT2D eigenvalue weighted by molar-refractivity contribution is -0.128. The minimum atomic E-state index is -4.38. The molecule has 13 nitrogen and oxygen atoms in total. The van der Waals surface area contributed by atoms with Crippen molar-refractivity contribution in [3.8, 4) is 22.7 Å². The molecule has 1 fully saturated rings. The van der Waals surface area contributed by atoms with Crippen LogP contribution in [-0.2, 0) is 24.4 Å². The second-order valence-corrected chi connectivity index (χ2v) is 11.3. The number of sulfonamides is 1. The van der Waals surface area contributed by atoms with Crippen LogP contribution in [0.5, 0.6) is 5.88 Å². The van der Waals surface area contributed by atoms with E-state index in [1.165, 1.54) is 37.7 Å². The summed E-state index contributed by atoms with van der Waals surface area (Å²) in [6, 6.07) is 17.9. The summed E-state index contributed by atoms with van der Waals surface area (Å²) in [4.78, 5) is 31.1. The number of hydrogen-bond donors (Lipinski definition) is 1. The minimum Gasteiger partial charge on any atom is -0.479 e. The van der Waals surface area contributed by atoms with Gasteiger partial charge in [-0.05, 0) is 60.2 Å². The number of carbonyl (C=O) groups excluding carboxylic acids is 1. The second kappa shape index (κ2) is 11.6. The molecule has 5 aromatic rings. The van der Waals surface area contributed by atoms with Gasteiger partial charge in [-0.3, -0.25) is 14.3 Å².